The molecule has 8 nitrogen and oxygen atoms in total. The summed E-state index contributed by atoms with van der Waals surface area (Å²) >= 11 is 0. The summed E-state index contributed by atoms with van der Waals surface area (Å²) in [7, 11) is 0. The van der Waals surface area contributed by atoms with Crippen LogP contribution in [0.5, 0.6) is 5.75 Å². The molecule has 0 aliphatic carbocycles. The molecule has 2 saturated heterocycles. The second kappa shape index (κ2) is 11.8. The maximum atomic E-state index is 13.2. The van der Waals surface area contributed by atoms with Gasteiger partial charge in [0.1, 0.15) is 11.6 Å². The summed E-state index contributed by atoms with van der Waals surface area (Å²) in [5.41, 5.74) is 1.97. The van der Waals surface area contributed by atoms with E-state index in [0.717, 1.165) is 24.2 Å². The van der Waals surface area contributed by atoms with Gasteiger partial charge in [0.05, 0.1) is 18.8 Å². The number of hydrogen-bond donors (Lipinski definition) is 1. The summed E-state index contributed by atoms with van der Waals surface area (Å²) in [5, 5.41) is 9.42. The van der Waals surface area contributed by atoms with Crippen LogP contribution in [0.3, 0.4) is 0 Å². The Morgan fingerprint density at radius 3 is 2.44 bits per heavy atom. The number of carbonyl (C=O) groups is 2. The molecule has 1 N–H and O–H groups in total. The number of halogens is 1. The van der Waals surface area contributed by atoms with Gasteiger partial charge < -0.3 is 19.5 Å². The van der Waals surface area contributed by atoms with E-state index in [1.807, 2.05) is 11.8 Å². The lowest BCUT2D eigenvalue weighted by Gasteiger charge is -2.44. The predicted molar refractivity (Wildman–Crippen MR) is 132 cm³/mol. The molecule has 36 heavy (non-hydrogen) atoms. The molecule has 0 aromatic heterocycles. The first-order valence-corrected chi connectivity index (χ1v) is 12.4. The normalized spacial score (nSPS) is 21.4. The smallest absolute Gasteiger partial charge is 0.335 e. The third-order valence-electron chi connectivity index (χ3n) is 6.89. The first-order chi connectivity index (χ1) is 17.3. The second-order valence-electron chi connectivity index (χ2n) is 9.60. The van der Waals surface area contributed by atoms with Crippen LogP contribution in [0.2, 0.25) is 0 Å². The fourth-order valence-corrected chi connectivity index (χ4v) is 4.79. The lowest BCUT2D eigenvalue weighted by molar-refractivity contribution is -0.139. The van der Waals surface area contributed by atoms with Gasteiger partial charge in [0.2, 0.25) is 0 Å². The van der Waals surface area contributed by atoms with Crippen molar-refractivity contribution in [2.45, 2.75) is 39.0 Å². The minimum atomic E-state index is -0.998. The van der Waals surface area contributed by atoms with Crippen LogP contribution in [0, 0.1) is 5.82 Å². The van der Waals surface area contributed by atoms with Crippen LogP contribution in [-0.4, -0.2) is 89.8 Å². The van der Waals surface area contributed by atoms with Gasteiger partial charge in [-0.3, -0.25) is 14.6 Å². The highest BCUT2D eigenvalue weighted by atomic mass is 19.1. The Morgan fingerprint density at radius 1 is 1.03 bits per heavy atom. The van der Waals surface area contributed by atoms with Crippen molar-refractivity contribution in [3.05, 3.63) is 65.0 Å². The van der Waals surface area contributed by atoms with Crippen molar-refractivity contribution in [3.8, 4) is 5.75 Å². The minimum absolute atomic E-state index is 0.0000416. The number of hydrogen-bond acceptors (Lipinski definition) is 6. The Labute approximate surface area is 211 Å². The Bertz CT molecular complexity index is 1060. The van der Waals surface area contributed by atoms with Crippen molar-refractivity contribution >= 4 is 11.9 Å². The van der Waals surface area contributed by atoms with E-state index in [0.29, 0.717) is 45.1 Å². The van der Waals surface area contributed by atoms with Crippen LogP contribution in [0.4, 0.5) is 4.39 Å². The summed E-state index contributed by atoms with van der Waals surface area (Å²) in [4.78, 5) is 31.0. The van der Waals surface area contributed by atoms with Gasteiger partial charge in [-0.05, 0) is 49.7 Å². The van der Waals surface area contributed by atoms with Crippen molar-refractivity contribution in [1.82, 2.24) is 14.7 Å². The van der Waals surface area contributed by atoms with Crippen LogP contribution in [0.25, 0.3) is 0 Å². The monoisotopic (exact) mass is 499 g/mol. The molecule has 194 valence electrons. The Hall–Kier alpha value is -3.01. The number of carboxylic acids is 1. The number of carboxylic acid groups (broad SMARTS) is 1. The molecule has 0 saturated carbocycles. The van der Waals surface area contributed by atoms with Gasteiger partial charge in [0.25, 0.3) is 5.91 Å². The molecule has 1 amide bonds. The van der Waals surface area contributed by atoms with E-state index in [1.165, 1.54) is 18.2 Å². The summed E-state index contributed by atoms with van der Waals surface area (Å²) in [5.74, 6) is -0.825. The molecular weight excluding hydrogens is 465 g/mol. The summed E-state index contributed by atoms with van der Waals surface area (Å²) in [6.07, 6.45) is 0. The van der Waals surface area contributed by atoms with Gasteiger partial charge in [0, 0.05) is 56.9 Å². The molecule has 2 aliphatic heterocycles. The van der Waals surface area contributed by atoms with E-state index in [2.05, 4.69) is 16.7 Å². The van der Waals surface area contributed by atoms with E-state index < -0.39 is 5.97 Å². The van der Waals surface area contributed by atoms with E-state index in [9.17, 15) is 19.1 Å². The maximum absolute atomic E-state index is 13.2. The minimum Gasteiger partial charge on any atom is -0.483 e. The highest BCUT2D eigenvalue weighted by molar-refractivity contribution is 5.88. The number of benzene rings is 2. The highest BCUT2D eigenvalue weighted by Gasteiger charge is 2.32. The molecule has 2 atom stereocenters. The van der Waals surface area contributed by atoms with Gasteiger partial charge in [-0.2, -0.15) is 0 Å². The number of ether oxygens (including phenoxy) is 2. The topological polar surface area (TPSA) is 82.5 Å². The van der Waals surface area contributed by atoms with Crippen LogP contribution < -0.4 is 4.74 Å². The highest BCUT2D eigenvalue weighted by Crippen LogP contribution is 2.24. The molecule has 0 radical (unpaired) electrons. The van der Waals surface area contributed by atoms with Crippen molar-refractivity contribution in [3.63, 3.8) is 0 Å². The second-order valence-corrected chi connectivity index (χ2v) is 9.60. The molecule has 2 aliphatic rings. The lowest BCUT2D eigenvalue weighted by atomic mass is 10.1. The number of carbonyl (C=O) groups excluding carboxylic acids is 1. The van der Waals surface area contributed by atoms with E-state index >= 15 is 0 Å². The number of piperazine rings is 1. The fraction of sp³-hybridized carbons (Fsp3) is 0.481. The molecule has 2 heterocycles. The van der Waals surface area contributed by atoms with Gasteiger partial charge in [0.15, 0.2) is 6.61 Å². The van der Waals surface area contributed by atoms with E-state index in [4.69, 9.17) is 9.47 Å². The third-order valence-corrected chi connectivity index (χ3v) is 6.89. The Kier molecular flexibility index (Phi) is 8.56. The molecule has 2 fully saturated rings. The zero-order valence-electron chi connectivity index (χ0n) is 20.9. The molecule has 0 bridgehead atoms. The van der Waals surface area contributed by atoms with Crippen LogP contribution in [-0.2, 0) is 22.6 Å². The Balaban J connectivity index is 1.37. The van der Waals surface area contributed by atoms with Crippen LogP contribution >= 0.6 is 0 Å². The zero-order valence-corrected chi connectivity index (χ0v) is 20.9. The number of morpholine rings is 1. The molecule has 0 unspecified atom stereocenters. The van der Waals surface area contributed by atoms with Crippen molar-refractivity contribution in [1.29, 1.82) is 0 Å². The first-order valence-electron chi connectivity index (χ1n) is 12.4. The van der Waals surface area contributed by atoms with Crippen molar-refractivity contribution in [2.24, 2.45) is 0 Å². The lowest BCUT2D eigenvalue weighted by Crippen LogP contribution is -2.58. The Morgan fingerprint density at radius 2 is 1.75 bits per heavy atom. The number of rotatable bonds is 8. The average Bonchev–Trinajstić information content (AvgIpc) is 2.87. The quantitative estimate of drug-likeness (QED) is 0.598. The van der Waals surface area contributed by atoms with Crippen molar-refractivity contribution < 1.29 is 28.6 Å². The molecule has 4 rings (SSSR count). The maximum Gasteiger partial charge on any atom is 0.335 e. The van der Waals surface area contributed by atoms with Crippen LogP contribution in [0.1, 0.15) is 35.3 Å². The zero-order chi connectivity index (χ0) is 25.7. The number of aromatic carboxylic acids is 1. The van der Waals surface area contributed by atoms with Gasteiger partial charge in [-0.15, -0.1) is 0 Å². The van der Waals surface area contributed by atoms with Gasteiger partial charge in [-0.25, -0.2) is 9.18 Å². The standard InChI is InChI=1S/C27H34FN3O5/c1-19-15-31(20(2)14-30(19)16-21-3-6-24(28)7-4-21)26(32)18-36-25-8-5-22(27(33)34)13-23(25)17-29-9-11-35-12-10-29/h3-8,13,19-20H,9-12,14-18H2,1-2H3,(H,33,34)/t19-,20+/m1/s1. The number of nitrogens with zero attached hydrogens (tertiary/aromatic N) is 3. The SMILES string of the molecule is C[C@@H]1CN(C(=O)COc2ccc(C(=O)O)cc2CN2CCOCC2)[C@@H](C)CN1Cc1ccc(F)cc1. The van der Waals surface area contributed by atoms with Crippen molar-refractivity contribution in [2.75, 3.05) is 46.0 Å². The van der Waals surface area contributed by atoms with E-state index in [-0.39, 0.29) is 36.0 Å². The summed E-state index contributed by atoms with van der Waals surface area (Å²) < 4.78 is 24.6. The fourth-order valence-electron chi connectivity index (χ4n) is 4.79. The third kappa shape index (κ3) is 6.60. The van der Waals surface area contributed by atoms with Gasteiger partial charge in [-0.1, -0.05) is 12.1 Å². The van der Waals surface area contributed by atoms with Gasteiger partial charge >= 0.3 is 5.97 Å². The molecular formula is C27H34FN3O5. The molecule has 0 spiro atoms. The largest absolute Gasteiger partial charge is 0.483 e. The van der Waals surface area contributed by atoms with E-state index in [1.54, 1.807) is 24.3 Å². The summed E-state index contributed by atoms with van der Waals surface area (Å²) in [6.45, 7) is 9.29. The van der Waals surface area contributed by atoms with Crippen LogP contribution in [0.15, 0.2) is 42.5 Å². The molecule has 2 aromatic rings. The first kappa shape index (κ1) is 26.1. The number of amides is 1. The average molecular weight is 500 g/mol. The predicted octanol–water partition coefficient (Wildman–Crippen LogP) is 2.86. The molecule has 2 aromatic carbocycles. The summed E-state index contributed by atoms with van der Waals surface area (Å²) in [6, 6.07) is 11.4. The molecule has 9 heteroatoms.